The van der Waals surface area contributed by atoms with Crippen LogP contribution in [-0.4, -0.2) is 21.8 Å². The molecule has 136 valence electrons. The van der Waals surface area contributed by atoms with E-state index in [-0.39, 0.29) is 11.1 Å². The second-order valence-electron chi connectivity index (χ2n) is 6.58. The standard InChI is InChI=1S/C20H18F4N2/c1-13(3-4-14(2)18-10-25-12-26-11-18)15-5-6-16-8-19(21,22)20(23,24)9-17(16)7-15/h5-7,10-12H,1-4,8-9H2. The van der Waals surface area contributed by atoms with Gasteiger partial charge in [0.1, 0.15) is 6.33 Å². The zero-order chi connectivity index (χ0) is 18.9. The number of alkyl halides is 4. The van der Waals surface area contributed by atoms with Gasteiger partial charge in [0.2, 0.25) is 0 Å². The fraction of sp³-hybridized carbons (Fsp3) is 0.300. The van der Waals surface area contributed by atoms with Crippen LogP contribution < -0.4 is 0 Å². The van der Waals surface area contributed by atoms with Crippen molar-refractivity contribution in [3.8, 4) is 0 Å². The van der Waals surface area contributed by atoms with Gasteiger partial charge in [-0.1, -0.05) is 31.4 Å². The summed E-state index contributed by atoms with van der Waals surface area (Å²) in [5.41, 5.74) is 3.62. The van der Waals surface area contributed by atoms with Crippen LogP contribution in [0.25, 0.3) is 11.1 Å². The molecule has 0 fully saturated rings. The Bertz CT molecular complexity index is 844. The van der Waals surface area contributed by atoms with Crippen molar-refractivity contribution in [2.24, 2.45) is 0 Å². The molecule has 0 amide bonds. The number of aromatic nitrogens is 2. The van der Waals surface area contributed by atoms with Crippen molar-refractivity contribution >= 4 is 11.1 Å². The van der Waals surface area contributed by atoms with Crippen LogP contribution in [0, 0.1) is 0 Å². The van der Waals surface area contributed by atoms with E-state index in [1.165, 1.54) is 12.4 Å². The van der Waals surface area contributed by atoms with Crippen molar-refractivity contribution in [1.29, 1.82) is 0 Å². The molecule has 0 spiro atoms. The lowest BCUT2D eigenvalue weighted by molar-refractivity contribution is -0.211. The van der Waals surface area contributed by atoms with E-state index in [0.717, 1.165) is 16.7 Å². The van der Waals surface area contributed by atoms with E-state index in [2.05, 4.69) is 23.1 Å². The summed E-state index contributed by atoms with van der Waals surface area (Å²) in [6.07, 6.45) is 4.05. The van der Waals surface area contributed by atoms with Gasteiger partial charge in [0, 0.05) is 30.8 Å². The Hall–Kier alpha value is -2.50. The second-order valence-corrected chi connectivity index (χ2v) is 6.58. The van der Waals surface area contributed by atoms with Crippen LogP contribution in [0.15, 0.2) is 50.1 Å². The summed E-state index contributed by atoms with van der Waals surface area (Å²) >= 11 is 0. The Morgan fingerprint density at radius 1 is 0.846 bits per heavy atom. The minimum absolute atomic E-state index is 0.259. The van der Waals surface area contributed by atoms with Crippen molar-refractivity contribution < 1.29 is 17.6 Å². The number of benzene rings is 1. The highest BCUT2D eigenvalue weighted by Gasteiger charge is 2.58. The van der Waals surface area contributed by atoms with Gasteiger partial charge in [0.15, 0.2) is 0 Å². The molecule has 0 saturated carbocycles. The van der Waals surface area contributed by atoms with Crippen molar-refractivity contribution in [3.63, 3.8) is 0 Å². The second kappa shape index (κ2) is 6.67. The van der Waals surface area contributed by atoms with Gasteiger partial charge in [-0.25, -0.2) is 9.97 Å². The van der Waals surface area contributed by atoms with Gasteiger partial charge in [-0.3, -0.25) is 0 Å². The van der Waals surface area contributed by atoms with E-state index in [9.17, 15) is 17.6 Å². The fourth-order valence-electron chi connectivity index (χ4n) is 2.99. The molecule has 3 rings (SSSR count). The van der Waals surface area contributed by atoms with Gasteiger partial charge in [-0.05, 0) is 40.7 Å². The maximum absolute atomic E-state index is 13.6. The lowest BCUT2D eigenvalue weighted by Crippen LogP contribution is -2.47. The molecule has 0 bridgehead atoms. The maximum atomic E-state index is 13.6. The zero-order valence-electron chi connectivity index (χ0n) is 14.1. The molecule has 1 aromatic carbocycles. The number of nitrogens with zero attached hydrogens (tertiary/aromatic N) is 2. The van der Waals surface area contributed by atoms with Gasteiger partial charge < -0.3 is 0 Å². The Morgan fingerprint density at radius 3 is 2.00 bits per heavy atom. The number of hydrogen-bond donors (Lipinski definition) is 0. The lowest BCUT2D eigenvalue weighted by Gasteiger charge is -2.32. The van der Waals surface area contributed by atoms with Crippen LogP contribution >= 0.6 is 0 Å². The Kier molecular flexibility index (Phi) is 4.69. The topological polar surface area (TPSA) is 25.8 Å². The molecule has 0 unspecified atom stereocenters. The van der Waals surface area contributed by atoms with Gasteiger partial charge in [-0.15, -0.1) is 0 Å². The van der Waals surface area contributed by atoms with Gasteiger partial charge in [-0.2, -0.15) is 17.6 Å². The lowest BCUT2D eigenvalue weighted by atomic mass is 9.84. The summed E-state index contributed by atoms with van der Waals surface area (Å²) in [5.74, 6) is -8.03. The molecule has 1 aliphatic rings. The third-order valence-corrected chi connectivity index (χ3v) is 4.67. The average Bonchev–Trinajstić information content (AvgIpc) is 2.60. The number of allylic oxidation sites excluding steroid dienone is 2. The van der Waals surface area contributed by atoms with Crippen LogP contribution in [0.1, 0.15) is 35.1 Å². The fourth-order valence-corrected chi connectivity index (χ4v) is 2.99. The SMILES string of the molecule is C=C(CCC(=C)c1ccc2c(c1)CC(F)(F)C(F)(F)C2)c1cncnc1. The molecule has 1 aromatic heterocycles. The molecule has 1 heterocycles. The van der Waals surface area contributed by atoms with Gasteiger partial charge >= 0.3 is 11.8 Å². The highest BCUT2D eigenvalue weighted by atomic mass is 19.3. The highest BCUT2D eigenvalue weighted by Crippen LogP contribution is 2.44. The van der Waals surface area contributed by atoms with Crippen molar-refractivity contribution in [1.82, 2.24) is 9.97 Å². The van der Waals surface area contributed by atoms with Gasteiger partial charge in [0.05, 0.1) is 0 Å². The first-order valence-electron chi connectivity index (χ1n) is 8.18. The Morgan fingerprint density at radius 2 is 1.38 bits per heavy atom. The number of halogens is 4. The van der Waals surface area contributed by atoms with Crippen LogP contribution in [0.4, 0.5) is 17.6 Å². The Labute approximate surface area is 149 Å². The van der Waals surface area contributed by atoms with E-state index in [0.29, 0.717) is 18.4 Å². The molecule has 2 nitrogen and oxygen atoms in total. The minimum atomic E-state index is -4.03. The third kappa shape index (κ3) is 3.54. The molecule has 0 saturated heterocycles. The summed E-state index contributed by atoms with van der Waals surface area (Å²) in [5, 5.41) is 0. The summed E-state index contributed by atoms with van der Waals surface area (Å²) in [6.45, 7) is 7.99. The van der Waals surface area contributed by atoms with E-state index in [1.54, 1.807) is 24.5 Å². The maximum Gasteiger partial charge on any atom is 0.314 e. The van der Waals surface area contributed by atoms with E-state index < -0.39 is 24.7 Å². The monoisotopic (exact) mass is 362 g/mol. The first-order chi connectivity index (χ1) is 12.2. The highest BCUT2D eigenvalue weighted by molar-refractivity contribution is 5.69. The molecule has 0 radical (unpaired) electrons. The first kappa shape index (κ1) is 18.3. The summed E-state index contributed by atoms with van der Waals surface area (Å²) in [4.78, 5) is 7.88. The molecule has 0 atom stereocenters. The number of rotatable bonds is 5. The molecular formula is C20H18F4N2. The minimum Gasteiger partial charge on any atom is -0.244 e. The van der Waals surface area contributed by atoms with Crippen molar-refractivity contribution in [2.75, 3.05) is 0 Å². The molecule has 0 N–H and O–H groups in total. The number of hydrogen-bond acceptors (Lipinski definition) is 2. The van der Waals surface area contributed by atoms with Gasteiger partial charge in [0.25, 0.3) is 0 Å². The zero-order valence-corrected chi connectivity index (χ0v) is 14.1. The number of fused-ring (bicyclic) bond motifs is 1. The molecule has 26 heavy (non-hydrogen) atoms. The molecule has 1 aliphatic carbocycles. The molecular weight excluding hydrogens is 344 g/mol. The summed E-state index contributed by atoms with van der Waals surface area (Å²) in [7, 11) is 0. The van der Waals surface area contributed by atoms with E-state index in [1.807, 2.05) is 0 Å². The van der Waals surface area contributed by atoms with Crippen LogP contribution in [0.5, 0.6) is 0 Å². The quantitative estimate of drug-likeness (QED) is 0.670. The normalized spacial score (nSPS) is 17.4. The molecule has 2 aromatic rings. The van der Waals surface area contributed by atoms with E-state index in [4.69, 9.17) is 0 Å². The van der Waals surface area contributed by atoms with Crippen LogP contribution in [-0.2, 0) is 12.8 Å². The smallest absolute Gasteiger partial charge is 0.244 e. The van der Waals surface area contributed by atoms with Crippen molar-refractivity contribution in [3.05, 3.63) is 72.3 Å². The summed E-state index contributed by atoms with van der Waals surface area (Å²) in [6, 6.07) is 4.71. The molecule has 0 aliphatic heterocycles. The predicted octanol–water partition coefficient (Wildman–Crippen LogP) is 5.35. The third-order valence-electron chi connectivity index (χ3n) is 4.67. The first-order valence-corrected chi connectivity index (χ1v) is 8.18. The van der Waals surface area contributed by atoms with Crippen molar-refractivity contribution in [2.45, 2.75) is 37.5 Å². The van der Waals surface area contributed by atoms with Crippen LogP contribution in [0.3, 0.4) is 0 Å². The predicted molar refractivity (Wildman–Crippen MR) is 93.1 cm³/mol. The van der Waals surface area contributed by atoms with E-state index >= 15 is 0 Å². The average molecular weight is 362 g/mol. The Balaban J connectivity index is 1.71. The summed E-state index contributed by atoms with van der Waals surface area (Å²) < 4.78 is 54.3. The molecule has 6 heteroatoms. The van der Waals surface area contributed by atoms with Crippen LogP contribution in [0.2, 0.25) is 0 Å². The largest absolute Gasteiger partial charge is 0.314 e.